The van der Waals surface area contributed by atoms with E-state index in [9.17, 15) is 0 Å². The zero-order chi connectivity index (χ0) is 11.2. The van der Waals surface area contributed by atoms with Crippen molar-refractivity contribution in [3.05, 3.63) is 24.3 Å². The van der Waals surface area contributed by atoms with Crippen LogP contribution < -0.4 is 5.32 Å². The Bertz CT molecular complexity index is 316. The van der Waals surface area contributed by atoms with Gasteiger partial charge in [0.05, 0.1) is 0 Å². The number of anilines is 1. The molecule has 1 aromatic rings. The van der Waals surface area contributed by atoms with E-state index in [1.165, 1.54) is 49.1 Å². The largest absolute Gasteiger partial charge is 0.381 e. The van der Waals surface area contributed by atoms with Gasteiger partial charge in [0.25, 0.3) is 0 Å². The second kappa shape index (κ2) is 6.19. The van der Waals surface area contributed by atoms with Crippen LogP contribution in [0.15, 0.2) is 29.2 Å². The highest BCUT2D eigenvalue weighted by Crippen LogP contribution is 2.28. The molecule has 2 rings (SSSR count). The van der Waals surface area contributed by atoms with Gasteiger partial charge in [-0.25, -0.2) is 0 Å². The molecule has 1 N–H and O–H groups in total. The molecule has 2 heteroatoms. The molecule has 1 saturated carbocycles. The number of nitrogens with one attached hydrogen (secondary N) is 1. The Morgan fingerprint density at radius 2 is 1.75 bits per heavy atom. The Hall–Kier alpha value is -0.630. The molecule has 0 unspecified atom stereocenters. The average Bonchev–Trinajstić information content (AvgIpc) is 2.58. The van der Waals surface area contributed by atoms with Gasteiger partial charge in [-0.15, -0.1) is 11.8 Å². The Kier molecular flexibility index (Phi) is 4.58. The van der Waals surface area contributed by atoms with Crippen molar-refractivity contribution in [3.8, 4) is 0 Å². The summed E-state index contributed by atoms with van der Waals surface area (Å²) in [6.07, 6.45) is 10.4. The molecule has 1 aliphatic carbocycles. The standard InChI is InChI=1S/C14H21NS/c1-16-14-11-7-6-10-13(14)15-12-8-4-2-3-5-9-12/h6-7,10-12,15H,2-5,8-9H2,1H3. The number of para-hydroxylation sites is 1. The summed E-state index contributed by atoms with van der Waals surface area (Å²) in [7, 11) is 0. The van der Waals surface area contributed by atoms with Crippen LogP contribution in [0.4, 0.5) is 5.69 Å². The molecule has 88 valence electrons. The molecule has 1 nitrogen and oxygen atoms in total. The van der Waals surface area contributed by atoms with Crippen LogP contribution in [0.3, 0.4) is 0 Å². The summed E-state index contributed by atoms with van der Waals surface area (Å²) >= 11 is 1.83. The minimum absolute atomic E-state index is 0.691. The quantitative estimate of drug-likeness (QED) is 0.609. The van der Waals surface area contributed by atoms with E-state index in [0.717, 1.165) is 0 Å². The van der Waals surface area contributed by atoms with Gasteiger partial charge >= 0.3 is 0 Å². The smallest absolute Gasteiger partial charge is 0.0480 e. The van der Waals surface area contributed by atoms with Crippen molar-refractivity contribution in [2.75, 3.05) is 11.6 Å². The zero-order valence-electron chi connectivity index (χ0n) is 10.0. The van der Waals surface area contributed by atoms with Crippen molar-refractivity contribution >= 4 is 17.4 Å². The average molecular weight is 235 g/mol. The summed E-state index contributed by atoms with van der Waals surface area (Å²) in [6.45, 7) is 0. The van der Waals surface area contributed by atoms with E-state index in [0.29, 0.717) is 6.04 Å². The minimum atomic E-state index is 0.691. The van der Waals surface area contributed by atoms with Crippen LogP contribution >= 0.6 is 11.8 Å². The van der Waals surface area contributed by atoms with Crippen molar-refractivity contribution < 1.29 is 0 Å². The van der Waals surface area contributed by atoms with Crippen LogP contribution in [0.2, 0.25) is 0 Å². The highest BCUT2D eigenvalue weighted by molar-refractivity contribution is 7.98. The second-order valence-corrected chi connectivity index (χ2v) is 5.38. The van der Waals surface area contributed by atoms with Gasteiger partial charge in [-0.05, 0) is 31.2 Å². The summed E-state index contributed by atoms with van der Waals surface area (Å²) in [5.41, 5.74) is 1.32. The van der Waals surface area contributed by atoms with Crippen LogP contribution in [-0.2, 0) is 0 Å². The SMILES string of the molecule is CSc1ccccc1NC1CCCCCC1. The van der Waals surface area contributed by atoms with Crippen molar-refractivity contribution in [2.24, 2.45) is 0 Å². The van der Waals surface area contributed by atoms with Gasteiger partial charge in [0.2, 0.25) is 0 Å². The Labute approximate surface area is 103 Å². The number of hydrogen-bond acceptors (Lipinski definition) is 2. The molecule has 1 aromatic carbocycles. The second-order valence-electron chi connectivity index (χ2n) is 4.53. The van der Waals surface area contributed by atoms with E-state index in [1.54, 1.807) is 0 Å². The number of rotatable bonds is 3. The van der Waals surface area contributed by atoms with E-state index in [1.807, 2.05) is 11.8 Å². The molecule has 16 heavy (non-hydrogen) atoms. The van der Waals surface area contributed by atoms with Gasteiger partial charge in [-0.3, -0.25) is 0 Å². The fourth-order valence-electron chi connectivity index (χ4n) is 2.41. The first-order valence-corrected chi connectivity index (χ1v) is 7.52. The monoisotopic (exact) mass is 235 g/mol. The van der Waals surface area contributed by atoms with Gasteiger partial charge < -0.3 is 5.32 Å². The lowest BCUT2D eigenvalue weighted by Crippen LogP contribution is -2.18. The van der Waals surface area contributed by atoms with Crippen LogP contribution in [-0.4, -0.2) is 12.3 Å². The predicted octanol–water partition coefficient (Wildman–Crippen LogP) is 4.54. The molecule has 0 radical (unpaired) electrons. The third kappa shape index (κ3) is 3.18. The Balaban J connectivity index is 2.01. The molecular formula is C14H21NS. The summed E-state index contributed by atoms with van der Waals surface area (Å²) in [5.74, 6) is 0. The predicted molar refractivity (Wildman–Crippen MR) is 73.3 cm³/mol. The van der Waals surface area contributed by atoms with E-state index in [4.69, 9.17) is 0 Å². The maximum atomic E-state index is 3.72. The highest BCUT2D eigenvalue weighted by atomic mass is 32.2. The molecule has 0 saturated heterocycles. The van der Waals surface area contributed by atoms with Gasteiger partial charge in [0.1, 0.15) is 0 Å². The topological polar surface area (TPSA) is 12.0 Å². The third-order valence-corrected chi connectivity index (χ3v) is 4.12. The van der Waals surface area contributed by atoms with Crippen LogP contribution in [0.5, 0.6) is 0 Å². The molecular weight excluding hydrogens is 214 g/mol. The summed E-state index contributed by atoms with van der Waals surface area (Å²) in [5, 5.41) is 3.72. The molecule has 0 heterocycles. The normalized spacial score (nSPS) is 18.1. The van der Waals surface area contributed by atoms with E-state index < -0.39 is 0 Å². The van der Waals surface area contributed by atoms with Crippen LogP contribution in [0.25, 0.3) is 0 Å². The molecule has 0 aliphatic heterocycles. The lowest BCUT2D eigenvalue weighted by molar-refractivity contribution is 0.619. The lowest BCUT2D eigenvalue weighted by Gasteiger charge is -2.19. The maximum Gasteiger partial charge on any atom is 0.0480 e. The summed E-state index contributed by atoms with van der Waals surface area (Å²) in [6, 6.07) is 9.33. The van der Waals surface area contributed by atoms with Crippen molar-refractivity contribution in [1.82, 2.24) is 0 Å². The Morgan fingerprint density at radius 3 is 2.44 bits per heavy atom. The van der Waals surface area contributed by atoms with Crippen molar-refractivity contribution in [2.45, 2.75) is 49.5 Å². The zero-order valence-corrected chi connectivity index (χ0v) is 10.9. The third-order valence-electron chi connectivity index (χ3n) is 3.32. The van der Waals surface area contributed by atoms with Crippen molar-refractivity contribution in [3.63, 3.8) is 0 Å². The molecule has 0 spiro atoms. The van der Waals surface area contributed by atoms with Crippen molar-refractivity contribution in [1.29, 1.82) is 0 Å². The molecule has 0 aromatic heterocycles. The highest BCUT2D eigenvalue weighted by Gasteiger charge is 2.12. The van der Waals surface area contributed by atoms with E-state index in [-0.39, 0.29) is 0 Å². The fraction of sp³-hybridized carbons (Fsp3) is 0.571. The molecule has 0 amide bonds. The number of thioether (sulfide) groups is 1. The van der Waals surface area contributed by atoms with Crippen LogP contribution in [0, 0.1) is 0 Å². The number of benzene rings is 1. The first-order valence-electron chi connectivity index (χ1n) is 6.29. The molecule has 1 aliphatic rings. The first kappa shape index (κ1) is 11.8. The number of hydrogen-bond donors (Lipinski definition) is 1. The molecule has 0 bridgehead atoms. The summed E-state index contributed by atoms with van der Waals surface area (Å²) in [4.78, 5) is 1.37. The molecule has 1 fully saturated rings. The summed E-state index contributed by atoms with van der Waals surface area (Å²) < 4.78 is 0. The van der Waals surface area contributed by atoms with Gasteiger partial charge in [0.15, 0.2) is 0 Å². The van der Waals surface area contributed by atoms with Gasteiger partial charge in [-0.1, -0.05) is 37.8 Å². The maximum absolute atomic E-state index is 3.72. The lowest BCUT2D eigenvalue weighted by atomic mass is 10.1. The van der Waals surface area contributed by atoms with E-state index >= 15 is 0 Å². The van der Waals surface area contributed by atoms with Crippen LogP contribution in [0.1, 0.15) is 38.5 Å². The molecule has 0 atom stereocenters. The van der Waals surface area contributed by atoms with Gasteiger partial charge in [-0.2, -0.15) is 0 Å². The Morgan fingerprint density at radius 1 is 1.06 bits per heavy atom. The van der Waals surface area contributed by atoms with Gasteiger partial charge in [0, 0.05) is 16.6 Å². The van der Waals surface area contributed by atoms with E-state index in [2.05, 4.69) is 35.8 Å². The fourth-order valence-corrected chi connectivity index (χ4v) is 2.97. The first-order chi connectivity index (χ1) is 7.90. The minimum Gasteiger partial charge on any atom is -0.381 e.